The van der Waals surface area contributed by atoms with Gasteiger partial charge in [0.1, 0.15) is 0 Å². The van der Waals surface area contributed by atoms with Crippen molar-refractivity contribution in [2.24, 2.45) is 0 Å². The average molecular weight is 538 g/mol. The zero-order chi connectivity index (χ0) is 26.9. The Labute approximate surface area is 219 Å². The number of H-pyrrole nitrogens is 1. The second-order valence-corrected chi connectivity index (χ2v) is 8.78. The van der Waals surface area contributed by atoms with E-state index < -0.39 is 22.8 Å². The van der Waals surface area contributed by atoms with Crippen molar-refractivity contribution in [3.05, 3.63) is 101 Å². The van der Waals surface area contributed by atoms with Crippen molar-refractivity contribution in [1.29, 1.82) is 0 Å². The molecule has 38 heavy (non-hydrogen) atoms. The van der Waals surface area contributed by atoms with Crippen molar-refractivity contribution in [3.63, 3.8) is 0 Å². The molecular weight excluding hydrogens is 519 g/mol. The molecule has 5 rings (SSSR count). The van der Waals surface area contributed by atoms with E-state index in [1.165, 1.54) is 6.07 Å². The first-order valence-corrected chi connectivity index (χ1v) is 11.7. The maximum absolute atomic E-state index is 13.1. The summed E-state index contributed by atoms with van der Waals surface area (Å²) in [5, 5.41) is 10.6. The van der Waals surface area contributed by atoms with Crippen LogP contribution in [0.4, 0.5) is 46.4 Å². The fourth-order valence-electron chi connectivity index (χ4n) is 3.96. The van der Waals surface area contributed by atoms with Gasteiger partial charge in [0.25, 0.3) is 5.91 Å². The molecule has 1 aliphatic rings. The highest BCUT2D eigenvalue weighted by molar-refractivity contribution is 6.35. The summed E-state index contributed by atoms with van der Waals surface area (Å²) in [4.78, 5) is 27.9. The Balaban J connectivity index is 1.27. The SMILES string of the molecule is O=C(Nc1cccc(Nc2ccc3c(c2)NC(=O)C3=Cc2ccc[nH]2)c1)Nc1ccc(Cl)c(C(F)(F)F)c1. The standard InChI is InChI=1S/C27H19ClF3N5O2/c28-23-9-7-18(13-22(23)27(29,30)31)35-26(38)34-17-4-1-3-16(11-17)33-19-6-8-20-21(12-15-5-2-10-32-15)25(37)36-24(20)14-19/h1-14,32-33H,(H,36,37)(H2,34,35,38). The van der Waals surface area contributed by atoms with Crippen LogP contribution in [0.2, 0.25) is 5.02 Å². The van der Waals surface area contributed by atoms with Gasteiger partial charge in [0, 0.05) is 40.2 Å². The molecule has 0 radical (unpaired) electrons. The van der Waals surface area contributed by atoms with Gasteiger partial charge >= 0.3 is 12.2 Å². The summed E-state index contributed by atoms with van der Waals surface area (Å²) in [5.41, 5.74) is 3.45. The van der Waals surface area contributed by atoms with E-state index >= 15 is 0 Å². The number of benzene rings is 3. The number of carbonyl (C=O) groups is 2. The number of rotatable bonds is 5. The van der Waals surface area contributed by atoms with Crippen LogP contribution in [0.25, 0.3) is 11.6 Å². The smallest absolute Gasteiger partial charge is 0.362 e. The van der Waals surface area contributed by atoms with Gasteiger partial charge in [0.15, 0.2) is 0 Å². The third-order valence-electron chi connectivity index (χ3n) is 5.66. The van der Waals surface area contributed by atoms with E-state index in [4.69, 9.17) is 11.6 Å². The molecular formula is C27H19ClF3N5O2. The highest BCUT2D eigenvalue weighted by atomic mass is 35.5. The predicted molar refractivity (Wildman–Crippen MR) is 143 cm³/mol. The Morgan fingerprint density at radius 3 is 2.32 bits per heavy atom. The second kappa shape index (κ2) is 9.98. The minimum Gasteiger partial charge on any atom is -0.362 e. The predicted octanol–water partition coefficient (Wildman–Crippen LogP) is 7.57. The molecule has 5 N–H and O–H groups in total. The van der Waals surface area contributed by atoms with Crippen molar-refractivity contribution in [3.8, 4) is 0 Å². The van der Waals surface area contributed by atoms with Crippen molar-refractivity contribution in [2.45, 2.75) is 6.18 Å². The molecule has 192 valence electrons. The first kappa shape index (κ1) is 25.0. The number of hydrogen-bond donors (Lipinski definition) is 5. The number of carbonyl (C=O) groups excluding carboxylic acids is 2. The third-order valence-corrected chi connectivity index (χ3v) is 5.99. The number of urea groups is 1. The fraction of sp³-hybridized carbons (Fsp3) is 0.0370. The van der Waals surface area contributed by atoms with Crippen LogP contribution < -0.4 is 21.3 Å². The zero-order valence-electron chi connectivity index (χ0n) is 19.4. The molecule has 3 amide bonds. The van der Waals surface area contributed by atoms with E-state index in [1.54, 1.807) is 42.6 Å². The topological polar surface area (TPSA) is 98.1 Å². The lowest BCUT2D eigenvalue weighted by Gasteiger charge is -2.13. The van der Waals surface area contributed by atoms with Gasteiger partial charge in [-0.05, 0) is 66.7 Å². The molecule has 0 unspecified atom stereocenters. The van der Waals surface area contributed by atoms with Gasteiger partial charge in [0.05, 0.1) is 21.8 Å². The molecule has 1 aromatic heterocycles. The Bertz CT molecular complexity index is 1570. The summed E-state index contributed by atoms with van der Waals surface area (Å²) in [6.07, 6.45) is -1.09. The van der Waals surface area contributed by atoms with E-state index in [-0.39, 0.29) is 11.6 Å². The Morgan fingerprint density at radius 1 is 0.868 bits per heavy atom. The van der Waals surface area contributed by atoms with E-state index in [0.29, 0.717) is 28.3 Å². The maximum atomic E-state index is 13.1. The number of aromatic nitrogens is 1. The number of alkyl halides is 3. The molecule has 1 aliphatic heterocycles. The summed E-state index contributed by atoms with van der Waals surface area (Å²) in [6.45, 7) is 0. The Morgan fingerprint density at radius 2 is 1.58 bits per heavy atom. The van der Waals surface area contributed by atoms with Gasteiger partial charge in [-0.15, -0.1) is 0 Å². The lowest BCUT2D eigenvalue weighted by Crippen LogP contribution is -2.20. The molecule has 11 heteroatoms. The summed E-state index contributed by atoms with van der Waals surface area (Å²) < 4.78 is 39.2. The van der Waals surface area contributed by atoms with Crippen LogP contribution in [-0.2, 0) is 11.0 Å². The zero-order valence-corrected chi connectivity index (χ0v) is 20.2. The van der Waals surface area contributed by atoms with Gasteiger partial charge in [0.2, 0.25) is 0 Å². The molecule has 0 spiro atoms. The van der Waals surface area contributed by atoms with E-state index in [2.05, 4.69) is 26.3 Å². The summed E-state index contributed by atoms with van der Waals surface area (Å²) in [6, 6.07) is 18.3. The highest BCUT2D eigenvalue weighted by Crippen LogP contribution is 2.37. The summed E-state index contributed by atoms with van der Waals surface area (Å²) >= 11 is 5.63. The number of aromatic amines is 1. The monoisotopic (exact) mass is 537 g/mol. The van der Waals surface area contributed by atoms with Gasteiger partial charge < -0.3 is 26.3 Å². The van der Waals surface area contributed by atoms with Gasteiger partial charge in [-0.25, -0.2) is 4.79 Å². The van der Waals surface area contributed by atoms with Gasteiger partial charge in [-0.2, -0.15) is 13.2 Å². The van der Waals surface area contributed by atoms with E-state index in [1.807, 2.05) is 24.3 Å². The van der Waals surface area contributed by atoms with E-state index in [9.17, 15) is 22.8 Å². The van der Waals surface area contributed by atoms with Crippen LogP contribution in [0.5, 0.6) is 0 Å². The highest BCUT2D eigenvalue weighted by Gasteiger charge is 2.33. The molecule has 4 aromatic rings. The second-order valence-electron chi connectivity index (χ2n) is 8.38. The van der Waals surface area contributed by atoms with Crippen LogP contribution in [0.15, 0.2) is 79.0 Å². The summed E-state index contributed by atoms with van der Waals surface area (Å²) in [7, 11) is 0. The first-order chi connectivity index (χ1) is 18.2. The van der Waals surface area contributed by atoms with E-state index in [0.717, 1.165) is 23.4 Å². The number of nitrogens with one attached hydrogen (secondary N) is 5. The van der Waals surface area contributed by atoms with Crippen molar-refractivity contribution in [1.82, 2.24) is 4.98 Å². The van der Waals surface area contributed by atoms with Crippen molar-refractivity contribution in [2.75, 3.05) is 21.3 Å². The molecule has 0 fully saturated rings. The van der Waals surface area contributed by atoms with Crippen LogP contribution >= 0.6 is 11.6 Å². The molecule has 0 bridgehead atoms. The quantitative estimate of drug-likeness (QED) is 0.170. The largest absolute Gasteiger partial charge is 0.417 e. The van der Waals surface area contributed by atoms with Gasteiger partial charge in [-0.1, -0.05) is 23.7 Å². The fourth-order valence-corrected chi connectivity index (χ4v) is 4.18. The Hall–Kier alpha value is -4.70. The number of fused-ring (bicyclic) bond motifs is 1. The lowest BCUT2D eigenvalue weighted by atomic mass is 10.1. The molecule has 0 saturated heterocycles. The third kappa shape index (κ3) is 5.50. The van der Waals surface area contributed by atoms with Crippen LogP contribution in [0.3, 0.4) is 0 Å². The molecule has 0 saturated carbocycles. The van der Waals surface area contributed by atoms with Crippen molar-refractivity contribution < 1.29 is 22.8 Å². The van der Waals surface area contributed by atoms with Crippen LogP contribution in [0, 0.1) is 0 Å². The number of hydrogen-bond acceptors (Lipinski definition) is 3. The minimum atomic E-state index is -4.65. The van der Waals surface area contributed by atoms with Crippen LogP contribution in [-0.4, -0.2) is 16.9 Å². The molecule has 7 nitrogen and oxygen atoms in total. The molecule has 0 aliphatic carbocycles. The molecule has 2 heterocycles. The number of amides is 3. The van der Waals surface area contributed by atoms with Crippen molar-refractivity contribution >= 4 is 63.6 Å². The maximum Gasteiger partial charge on any atom is 0.417 e. The summed E-state index contributed by atoms with van der Waals surface area (Å²) in [5.74, 6) is -0.202. The first-order valence-electron chi connectivity index (χ1n) is 11.3. The normalized spacial score (nSPS) is 13.7. The Kier molecular flexibility index (Phi) is 6.56. The molecule has 0 atom stereocenters. The lowest BCUT2D eigenvalue weighted by molar-refractivity contribution is -0.137. The number of halogens is 4. The van der Waals surface area contributed by atoms with Crippen LogP contribution in [0.1, 0.15) is 16.8 Å². The molecule has 3 aromatic carbocycles. The minimum absolute atomic E-state index is 0.0571. The van der Waals surface area contributed by atoms with Gasteiger partial charge in [-0.3, -0.25) is 4.79 Å². The number of anilines is 5. The average Bonchev–Trinajstić information content (AvgIpc) is 3.47.